The van der Waals surface area contributed by atoms with Crippen molar-refractivity contribution in [2.45, 2.75) is 32.3 Å². The Balaban J connectivity index is 1.78. The highest BCUT2D eigenvalue weighted by molar-refractivity contribution is 5.26. The molecule has 2 aliphatic carbocycles. The molecular weight excluding hydrogens is 184 g/mol. The van der Waals surface area contributed by atoms with Gasteiger partial charge in [0.1, 0.15) is 0 Å². The van der Waals surface area contributed by atoms with Crippen molar-refractivity contribution in [3.05, 3.63) is 35.4 Å². The number of aliphatic hydroxyl groups excluding tert-OH is 1. The summed E-state index contributed by atoms with van der Waals surface area (Å²) in [6.45, 7) is 2.09. The number of aryl methyl sites for hydroxylation is 1. The van der Waals surface area contributed by atoms with Crippen LogP contribution in [0.15, 0.2) is 24.3 Å². The first-order chi connectivity index (χ1) is 7.27. The summed E-state index contributed by atoms with van der Waals surface area (Å²) in [6, 6.07) is 8.32. The van der Waals surface area contributed by atoms with Gasteiger partial charge in [0.05, 0.1) is 6.10 Å². The molecule has 0 heterocycles. The third-order valence-corrected chi connectivity index (χ3v) is 4.22. The fourth-order valence-electron chi connectivity index (χ4n) is 3.42. The Kier molecular flexibility index (Phi) is 2.10. The predicted molar refractivity (Wildman–Crippen MR) is 60.5 cm³/mol. The second kappa shape index (κ2) is 3.34. The number of fused-ring (bicyclic) bond motifs is 1. The van der Waals surface area contributed by atoms with Crippen molar-refractivity contribution in [2.24, 2.45) is 17.8 Å². The lowest BCUT2D eigenvalue weighted by Gasteiger charge is -2.13. The van der Waals surface area contributed by atoms with Crippen LogP contribution >= 0.6 is 0 Å². The molecule has 0 aliphatic heterocycles. The molecule has 0 radical (unpaired) electrons. The van der Waals surface area contributed by atoms with Gasteiger partial charge in [-0.2, -0.15) is 0 Å². The number of aliphatic hydroxyl groups is 1. The van der Waals surface area contributed by atoms with Gasteiger partial charge >= 0.3 is 0 Å². The standard InChI is InChI=1S/C14H18O/c1-9-4-2-5-10(8-9)14(15)13-11-6-3-7-12(11)13/h2,4-5,8,11-15H,3,6-7H2,1H3. The predicted octanol–water partition coefficient (Wildman–Crippen LogP) is 3.07. The lowest BCUT2D eigenvalue weighted by molar-refractivity contribution is 0.137. The molecule has 0 saturated heterocycles. The second-order valence-electron chi connectivity index (χ2n) is 5.19. The Morgan fingerprint density at radius 1 is 1.27 bits per heavy atom. The maximum absolute atomic E-state index is 10.3. The van der Waals surface area contributed by atoms with E-state index < -0.39 is 0 Å². The topological polar surface area (TPSA) is 20.2 Å². The van der Waals surface area contributed by atoms with Crippen LogP contribution in [0, 0.1) is 24.7 Å². The first-order valence-electron chi connectivity index (χ1n) is 6.02. The smallest absolute Gasteiger partial charge is 0.0823 e. The van der Waals surface area contributed by atoms with E-state index in [9.17, 15) is 5.11 Å². The van der Waals surface area contributed by atoms with E-state index in [1.54, 1.807) is 0 Å². The fourth-order valence-corrected chi connectivity index (χ4v) is 3.42. The molecule has 1 aromatic carbocycles. The molecule has 3 atom stereocenters. The van der Waals surface area contributed by atoms with Gasteiger partial charge < -0.3 is 5.11 Å². The van der Waals surface area contributed by atoms with Crippen LogP contribution in [0.4, 0.5) is 0 Å². The van der Waals surface area contributed by atoms with Crippen molar-refractivity contribution in [3.8, 4) is 0 Å². The van der Waals surface area contributed by atoms with E-state index in [-0.39, 0.29) is 6.10 Å². The van der Waals surface area contributed by atoms with Crippen molar-refractivity contribution >= 4 is 0 Å². The van der Waals surface area contributed by atoms with E-state index in [0.29, 0.717) is 5.92 Å². The molecule has 3 rings (SSSR count). The average Bonchev–Trinajstić information content (AvgIpc) is 2.70. The SMILES string of the molecule is Cc1cccc(C(O)C2C3CCCC32)c1. The van der Waals surface area contributed by atoms with Gasteiger partial charge in [0, 0.05) is 0 Å². The van der Waals surface area contributed by atoms with E-state index in [1.807, 2.05) is 6.07 Å². The van der Waals surface area contributed by atoms with Gasteiger partial charge in [-0.3, -0.25) is 0 Å². The summed E-state index contributed by atoms with van der Waals surface area (Å²) in [5.41, 5.74) is 2.37. The summed E-state index contributed by atoms with van der Waals surface area (Å²) >= 11 is 0. The molecule has 1 heteroatoms. The molecule has 1 aromatic rings. The Morgan fingerprint density at radius 2 is 2.00 bits per heavy atom. The quantitative estimate of drug-likeness (QED) is 0.781. The van der Waals surface area contributed by atoms with Crippen LogP contribution < -0.4 is 0 Å². The van der Waals surface area contributed by atoms with Gasteiger partial charge in [-0.25, -0.2) is 0 Å². The largest absolute Gasteiger partial charge is 0.388 e. The minimum Gasteiger partial charge on any atom is -0.388 e. The van der Waals surface area contributed by atoms with E-state index >= 15 is 0 Å². The zero-order valence-electron chi connectivity index (χ0n) is 9.19. The summed E-state index contributed by atoms with van der Waals surface area (Å²) in [4.78, 5) is 0. The van der Waals surface area contributed by atoms with Gasteiger partial charge in [-0.15, -0.1) is 0 Å². The Labute approximate surface area is 91.1 Å². The first-order valence-corrected chi connectivity index (χ1v) is 6.02. The molecule has 0 bridgehead atoms. The molecule has 80 valence electrons. The number of benzene rings is 1. The number of hydrogen-bond acceptors (Lipinski definition) is 1. The Hall–Kier alpha value is -0.820. The molecular formula is C14H18O. The second-order valence-corrected chi connectivity index (χ2v) is 5.19. The summed E-state index contributed by atoms with van der Waals surface area (Å²) in [5, 5.41) is 10.3. The molecule has 15 heavy (non-hydrogen) atoms. The maximum Gasteiger partial charge on any atom is 0.0823 e. The van der Waals surface area contributed by atoms with Crippen molar-refractivity contribution < 1.29 is 5.11 Å². The van der Waals surface area contributed by atoms with E-state index in [4.69, 9.17) is 0 Å². The molecule has 2 aliphatic rings. The third-order valence-electron chi connectivity index (χ3n) is 4.22. The number of rotatable bonds is 2. The van der Waals surface area contributed by atoms with Crippen LogP contribution in [0.25, 0.3) is 0 Å². The van der Waals surface area contributed by atoms with E-state index in [0.717, 1.165) is 17.4 Å². The van der Waals surface area contributed by atoms with Gasteiger partial charge in [0.2, 0.25) is 0 Å². The van der Waals surface area contributed by atoms with Crippen LogP contribution in [0.2, 0.25) is 0 Å². The number of hydrogen-bond donors (Lipinski definition) is 1. The van der Waals surface area contributed by atoms with Crippen LogP contribution in [-0.2, 0) is 0 Å². The summed E-state index contributed by atoms with van der Waals surface area (Å²) in [5.74, 6) is 2.24. The zero-order valence-corrected chi connectivity index (χ0v) is 9.19. The molecule has 1 nitrogen and oxygen atoms in total. The molecule has 0 amide bonds. The minimum atomic E-state index is -0.208. The van der Waals surface area contributed by atoms with Gasteiger partial charge in [0.25, 0.3) is 0 Å². The van der Waals surface area contributed by atoms with E-state index in [1.165, 1.54) is 24.8 Å². The van der Waals surface area contributed by atoms with Crippen molar-refractivity contribution in [2.75, 3.05) is 0 Å². The van der Waals surface area contributed by atoms with Crippen LogP contribution in [0.5, 0.6) is 0 Å². The lowest BCUT2D eigenvalue weighted by atomic mass is 9.98. The van der Waals surface area contributed by atoms with Gasteiger partial charge in [-0.05, 0) is 43.1 Å². The highest BCUT2D eigenvalue weighted by Crippen LogP contribution is 2.62. The summed E-state index contributed by atoms with van der Waals surface area (Å²) in [6.07, 6.45) is 3.86. The monoisotopic (exact) mass is 202 g/mol. The molecule has 1 N–H and O–H groups in total. The van der Waals surface area contributed by atoms with Crippen molar-refractivity contribution in [3.63, 3.8) is 0 Å². The molecule has 2 fully saturated rings. The summed E-state index contributed by atoms with van der Waals surface area (Å²) < 4.78 is 0. The molecule has 3 unspecified atom stereocenters. The minimum absolute atomic E-state index is 0.208. The molecule has 2 saturated carbocycles. The van der Waals surface area contributed by atoms with Crippen LogP contribution in [0.1, 0.15) is 36.5 Å². The highest BCUT2D eigenvalue weighted by Gasteiger charge is 2.55. The zero-order chi connectivity index (χ0) is 10.4. The van der Waals surface area contributed by atoms with Gasteiger partial charge in [0.15, 0.2) is 0 Å². The maximum atomic E-state index is 10.3. The van der Waals surface area contributed by atoms with Gasteiger partial charge in [-0.1, -0.05) is 36.2 Å². The molecule has 0 aromatic heterocycles. The average molecular weight is 202 g/mol. The Bertz CT molecular complexity index is 361. The van der Waals surface area contributed by atoms with Crippen molar-refractivity contribution in [1.82, 2.24) is 0 Å². The Morgan fingerprint density at radius 3 is 2.67 bits per heavy atom. The lowest BCUT2D eigenvalue weighted by Crippen LogP contribution is -2.04. The van der Waals surface area contributed by atoms with Crippen LogP contribution in [-0.4, -0.2) is 5.11 Å². The highest BCUT2D eigenvalue weighted by atomic mass is 16.3. The fraction of sp³-hybridized carbons (Fsp3) is 0.571. The first kappa shape index (κ1) is 9.41. The van der Waals surface area contributed by atoms with Crippen LogP contribution in [0.3, 0.4) is 0 Å². The molecule has 0 spiro atoms. The van der Waals surface area contributed by atoms with E-state index in [2.05, 4.69) is 25.1 Å². The van der Waals surface area contributed by atoms with Crippen molar-refractivity contribution in [1.29, 1.82) is 0 Å². The normalized spacial score (nSPS) is 34.9. The third kappa shape index (κ3) is 1.50. The summed E-state index contributed by atoms with van der Waals surface area (Å²) in [7, 11) is 0.